The van der Waals surface area contributed by atoms with Crippen molar-refractivity contribution < 1.29 is 4.74 Å². The van der Waals surface area contributed by atoms with Crippen molar-refractivity contribution in [3.05, 3.63) is 30.6 Å². The Hall–Kier alpha value is -2.48. The van der Waals surface area contributed by atoms with E-state index in [4.69, 9.17) is 4.74 Å². The molecule has 0 unspecified atom stereocenters. The van der Waals surface area contributed by atoms with Gasteiger partial charge in [0.25, 0.3) is 0 Å². The molecule has 8 nitrogen and oxygen atoms in total. The number of aromatic amines is 1. The molecule has 4 heterocycles. The van der Waals surface area contributed by atoms with Gasteiger partial charge in [0.05, 0.1) is 19.1 Å². The highest BCUT2D eigenvalue weighted by molar-refractivity contribution is 5.82. The average molecular weight is 327 g/mol. The second-order valence-corrected chi connectivity index (χ2v) is 6.18. The van der Waals surface area contributed by atoms with Crippen molar-refractivity contribution in [3.8, 4) is 0 Å². The number of H-pyrrole nitrogens is 1. The SMILES string of the molecule is CCOC[C@@H]1CN(c2ncnc3nc[nH]c23)C[C@H]1c1cnn(C)c1. The Morgan fingerprint density at radius 3 is 3.00 bits per heavy atom. The Labute approximate surface area is 139 Å². The highest BCUT2D eigenvalue weighted by atomic mass is 16.5. The van der Waals surface area contributed by atoms with Gasteiger partial charge in [-0.05, 0) is 12.5 Å². The maximum absolute atomic E-state index is 5.73. The van der Waals surface area contributed by atoms with Gasteiger partial charge in [0.1, 0.15) is 11.8 Å². The van der Waals surface area contributed by atoms with Crippen molar-refractivity contribution in [2.45, 2.75) is 12.8 Å². The number of imidazole rings is 1. The minimum atomic E-state index is 0.373. The molecular formula is C16H21N7O. The second-order valence-electron chi connectivity index (χ2n) is 6.18. The molecule has 1 aliphatic rings. The first kappa shape index (κ1) is 15.1. The zero-order valence-electron chi connectivity index (χ0n) is 13.9. The molecule has 1 N–H and O–H groups in total. The van der Waals surface area contributed by atoms with Gasteiger partial charge in [-0.2, -0.15) is 5.10 Å². The van der Waals surface area contributed by atoms with Crippen molar-refractivity contribution >= 4 is 17.0 Å². The van der Waals surface area contributed by atoms with E-state index in [-0.39, 0.29) is 0 Å². The van der Waals surface area contributed by atoms with E-state index in [1.807, 2.05) is 24.9 Å². The van der Waals surface area contributed by atoms with Gasteiger partial charge in [-0.1, -0.05) is 0 Å². The summed E-state index contributed by atoms with van der Waals surface area (Å²) in [6.45, 7) is 5.28. The molecule has 0 aromatic carbocycles. The van der Waals surface area contributed by atoms with E-state index >= 15 is 0 Å². The van der Waals surface area contributed by atoms with Crippen LogP contribution in [0.15, 0.2) is 25.0 Å². The summed E-state index contributed by atoms with van der Waals surface area (Å²) in [6, 6.07) is 0. The third kappa shape index (κ3) is 2.62. The van der Waals surface area contributed by atoms with Crippen LogP contribution in [-0.2, 0) is 11.8 Å². The first-order chi connectivity index (χ1) is 11.8. The summed E-state index contributed by atoms with van der Waals surface area (Å²) >= 11 is 0. The number of ether oxygens (including phenoxy) is 1. The smallest absolute Gasteiger partial charge is 0.182 e. The molecular weight excluding hydrogens is 306 g/mol. The van der Waals surface area contributed by atoms with Gasteiger partial charge in [-0.3, -0.25) is 4.68 Å². The molecule has 4 rings (SSSR count). The summed E-state index contributed by atoms with van der Waals surface area (Å²) in [6.07, 6.45) is 7.29. The van der Waals surface area contributed by atoms with Crippen LogP contribution in [-0.4, -0.2) is 56.0 Å². The normalized spacial score (nSPS) is 21.0. The van der Waals surface area contributed by atoms with E-state index in [2.05, 4.69) is 36.1 Å². The second kappa shape index (κ2) is 6.20. The zero-order chi connectivity index (χ0) is 16.5. The minimum Gasteiger partial charge on any atom is -0.381 e. The molecule has 1 saturated heterocycles. The van der Waals surface area contributed by atoms with Crippen molar-refractivity contribution in [2.24, 2.45) is 13.0 Å². The molecule has 24 heavy (non-hydrogen) atoms. The van der Waals surface area contributed by atoms with Crippen molar-refractivity contribution in [1.82, 2.24) is 29.7 Å². The fourth-order valence-corrected chi connectivity index (χ4v) is 3.48. The third-order valence-electron chi connectivity index (χ3n) is 4.63. The van der Waals surface area contributed by atoms with Crippen LogP contribution in [0.4, 0.5) is 5.82 Å². The van der Waals surface area contributed by atoms with Crippen molar-refractivity contribution in [1.29, 1.82) is 0 Å². The Kier molecular flexibility index (Phi) is 3.89. The lowest BCUT2D eigenvalue weighted by atomic mass is 9.92. The predicted octanol–water partition coefficient (Wildman–Crippen LogP) is 1.34. The molecule has 8 heteroatoms. The number of hydrogen-bond donors (Lipinski definition) is 1. The van der Waals surface area contributed by atoms with Crippen LogP contribution < -0.4 is 4.90 Å². The number of fused-ring (bicyclic) bond motifs is 1. The molecule has 0 radical (unpaired) electrons. The number of nitrogens with one attached hydrogen (secondary N) is 1. The predicted molar refractivity (Wildman–Crippen MR) is 89.8 cm³/mol. The molecule has 126 valence electrons. The number of nitrogens with zero attached hydrogens (tertiary/aromatic N) is 6. The first-order valence-electron chi connectivity index (χ1n) is 8.21. The van der Waals surface area contributed by atoms with Gasteiger partial charge in [-0.15, -0.1) is 0 Å². The summed E-state index contributed by atoms with van der Waals surface area (Å²) in [7, 11) is 1.95. The van der Waals surface area contributed by atoms with Crippen LogP contribution in [0.2, 0.25) is 0 Å². The van der Waals surface area contributed by atoms with Crippen LogP contribution in [0, 0.1) is 5.92 Å². The highest BCUT2D eigenvalue weighted by Gasteiger charge is 2.36. The van der Waals surface area contributed by atoms with Crippen LogP contribution in [0.5, 0.6) is 0 Å². The number of aryl methyl sites for hydroxylation is 1. The summed E-state index contributed by atoms with van der Waals surface area (Å²) in [5.74, 6) is 1.69. The molecule has 1 aliphatic heterocycles. The fourth-order valence-electron chi connectivity index (χ4n) is 3.48. The molecule has 0 spiro atoms. The van der Waals surface area contributed by atoms with Gasteiger partial charge >= 0.3 is 0 Å². The van der Waals surface area contributed by atoms with Gasteiger partial charge in [0, 0.05) is 44.8 Å². The van der Waals surface area contributed by atoms with Gasteiger partial charge in [0.15, 0.2) is 11.5 Å². The lowest BCUT2D eigenvalue weighted by Gasteiger charge is -2.17. The van der Waals surface area contributed by atoms with E-state index in [0.29, 0.717) is 17.5 Å². The molecule has 0 saturated carbocycles. The van der Waals surface area contributed by atoms with E-state index in [1.165, 1.54) is 5.56 Å². The van der Waals surface area contributed by atoms with E-state index < -0.39 is 0 Å². The number of aromatic nitrogens is 6. The van der Waals surface area contributed by atoms with Gasteiger partial charge in [-0.25, -0.2) is 15.0 Å². The number of anilines is 1. The molecule has 3 aromatic heterocycles. The summed E-state index contributed by atoms with van der Waals surface area (Å²) in [5.41, 5.74) is 2.84. The molecule has 3 aromatic rings. The Morgan fingerprint density at radius 2 is 2.21 bits per heavy atom. The highest BCUT2D eigenvalue weighted by Crippen LogP contribution is 2.36. The fraction of sp³-hybridized carbons (Fsp3) is 0.500. The van der Waals surface area contributed by atoms with Crippen molar-refractivity contribution in [2.75, 3.05) is 31.2 Å². The van der Waals surface area contributed by atoms with Crippen LogP contribution in [0.1, 0.15) is 18.4 Å². The molecule has 1 fully saturated rings. The van der Waals surface area contributed by atoms with E-state index in [0.717, 1.165) is 37.6 Å². The van der Waals surface area contributed by atoms with Crippen molar-refractivity contribution in [3.63, 3.8) is 0 Å². The molecule has 0 bridgehead atoms. The lowest BCUT2D eigenvalue weighted by molar-refractivity contribution is 0.111. The first-order valence-corrected chi connectivity index (χ1v) is 8.21. The summed E-state index contributed by atoms with van der Waals surface area (Å²) in [5, 5.41) is 4.33. The Morgan fingerprint density at radius 1 is 1.29 bits per heavy atom. The largest absolute Gasteiger partial charge is 0.381 e. The van der Waals surface area contributed by atoms with Gasteiger partial charge < -0.3 is 14.6 Å². The molecule has 2 atom stereocenters. The van der Waals surface area contributed by atoms with Crippen LogP contribution in [0.3, 0.4) is 0 Å². The monoisotopic (exact) mass is 327 g/mol. The number of rotatable bonds is 5. The summed E-state index contributed by atoms with van der Waals surface area (Å²) < 4.78 is 7.58. The minimum absolute atomic E-state index is 0.373. The maximum atomic E-state index is 5.73. The average Bonchev–Trinajstić information content (AvgIpc) is 3.31. The summed E-state index contributed by atoms with van der Waals surface area (Å²) in [4.78, 5) is 18.4. The van der Waals surface area contributed by atoms with E-state index in [1.54, 1.807) is 12.7 Å². The number of hydrogen-bond acceptors (Lipinski definition) is 6. The molecule has 0 aliphatic carbocycles. The standard InChI is InChI=1S/C16H21N7O/c1-3-24-8-12-6-23(7-13(12)11-4-21-22(2)5-11)16-14-15(18-9-17-14)19-10-20-16/h4-5,9-10,12-13H,3,6-8H2,1-2H3,(H,17,18,19,20)/t12-,13-/m0/s1. The third-order valence-corrected chi connectivity index (χ3v) is 4.63. The van der Waals surface area contributed by atoms with Crippen LogP contribution >= 0.6 is 0 Å². The molecule has 0 amide bonds. The van der Waals surface area contributed by atoms with Crippen LogP contribution in [0.25, 0.3) is 11.2 Å². The maximum Gasteiger partial charge on any atom is 0.182 e. The quantitative estimate of drug-likeness (QED) is 0.761. The Bertz CT molecular complexity index is 827. The van der Waals surface area contributed by atoms with Gasteiger partial charge in [0.2, 0.25) is 0 Å². The van der Waals surface area contributed by atoms with E-state index in [9.17, 15) is 0 Å². The Balaban J connectivity index is 1.65. The lowest BCUT2D eigenvalue weighted by Crippen LogP contribution is -2.22. The zero-order valence-corrected chi connectivity index (χ0v) is 13.9. The topological polar surface area (TPSA) is 84.8 Å².